The Morgan fingerprint density at radius 2 is 2.64 bits per heavy atom. The molecule has 0 aromatic carbocycles. The maximum atomic E-state index is 5.52. The van der Waals surface area contributed by atoms with Gasteiger partial charge in [0.25, 0.3) is 0 Å². The topological polar surface area (TPSA) is 37.2 Å². The summed E-state index contributed by atoms with van der Waals surface area (Å²) in [5.41, 5.74) is 0.906. The van der Waals surface area contributed by atoms with Gasteiger partial charge in [-0.1, -0.05) is 5.92 Å². The van der Waals surface area contributed by atoms with E-state index < -0.39 is 0 Å². The minimum atomic E-state index is 0.124. The monoisotopic (exact) mass is 191 g/mol. The molecule has 0 saturated carbocycles. The Morgan fingerprint density at radius 3 is 3.36 bits per heavy atom. The molecule has 0 bridgehead atoms. The molecule has 0 aromatic rings. The van der Waals surface area contributed by atoms with Crippen LogP contribution in [0.1, 0.15) is 12.8 Å². The van der Waals surface area contributed by atoms with Crippen molar-refractivity contribution in [2.45, 2.75) is 18.9 Å². The van der Waals surface area contributed by atoms with E-state index in [4.69, 9.17) is 11.2 Å². The molecule has 4 nitrogen and oxygen atoms in total. The van der Waals surface area contributed by atoms with Gasteiger partial charge in [-0.2, -0.15) is 10.2 Å². The summed E-state index contributed by atoms with van der Waals surface area (Å²) in [6.07, 6.45) is 9.46. The van der Waals surface area contributed by atoms with Gasteiger partial charge in [0.05, 0.1) is 6.54 Å². The van der Waals surface area contributed by atoms with Gasteiger partial charge in [-0.25, -0.2) is 0 Å². The first kappa shape index (κ1) is 9.22. The first-order valence-corrected chi connectivity index (χ1v) is 4.78. The Kier molecular flexibility index (Phi) is 2.80. The summed E-state index contributed by atoms with van der Waals surface area (Å²) in [4.78, 5) is 1.96. The lowest BCUT2D eigenvalue weighted by molar-refractivity contribution is 0.132. The van der Waals surface area contributed by atoms with Crippen LogP contribution in [0.4, 0.5) is 0 Å². The van der Waals surface area contributed by atoms with E-state index in [0.29, 0.717) is 13.2 Å². The third-order valence-electron chi connectivity index (χ3n) is 2.30. The third-order valence-corrected chi connectivity index (χ3v) is 2.30. The molecule has 74 valence electrons. The highest BCUT2D eigenvalue weighted by molar-refractivity contribution is 5.09. The van der Waals surface area contributed by atoms with Crippen LogP contribution in [0.15, 0.2) is 22.1 Å². The van der Waals surface area contributed by atoms with Gasteiger partial charge in [0, 0.05) is 12.8 Å². The van der Waals surface area contributed by atoms with Crippen LogP contribution in [0, 0.1) is 12.3 Å². The van der Waals surface area contributed by atoms with Crippen molar-refractivity contribution in [1.82, 2.24) is 4.90 Å². The molecule has 2 rings (SSSR count). The van der Waals surface area contributed by atoms with Gasteiger partial charge in [-0.3, -0.25) is 0 Å². The average molecular weight is 191 g/mol. The first-order chi connectivity index (χ1) is 6.90. The molecule has 1 unspecified atom stereocenters. The number of ether oxygens (including phenoxy) is 1. The van der Waals surface area contributed by atoms with E-state index in [0.717, 1.165) is 25.1 Å². The van der Waals surface area contributed by atoms with Crippen molar-refractivity contribution >= 4 is 0 Å². The number of hydrogen-bond donors (Lipinski definition) is 0. The summed E-state index contributed by atoms with van der Waals surface area (Å²) in [6.45, 7) is 1.96. The lowest BCUT2D eigenvalue weighted by atomic mass is 10.2. The van der Waals surface area contributed by atoms with Crippen molar-refractivity contribution in [3.8, 4) is 12.3 Å². The molecule has 0 radical (unpaired) electrons. The van der Waals surface area contributed by atoms with Crippen molar-refractivity contribution < 1.29 is 4.74 Å². The zero-order chi connectivity index (χ0) is 9.80. The number of nitrogens with zero attached hydrogens (tertiary/aromatic N) is 3. The fraction of sp³-hybridized carbons (Fsp3) is 0.600. The molecule has 0 aromatic heterocycles. The van der Waals surface area contributed by atoms with Gasteiger partial charge in [-0.05, 0) is 12.8 Å². The molecule has 1 saturated heterocycles. The van der Waals surface area contributed by atoms with Gasteiger partial charge < -0.3 is 9.64 Å². The van der Waals surface area contributed by atoms with E-state index in [2.05, 4.69) is 16.1 Å². The van der Waals surface area contributed by atoms with Gasteiger partial charge in [0.1, 0.15) is 18.5 Å². The minimum absolute atomic E-state index is 0.124. The van der Waals surface area contributed by atoms with Crippen molar-refractivity contribution in [3.63, 3.8) is 0 Å². The summed E-state index contributed by atoms with van der Waals surface area (Å²) in [7, 11) is 0. The normalized spacial score (nSPS) is 26.1. The van der Waals surface area contributed by atoms with Gasteiger partial charge >= 0.3 is 0 Å². The average Bonchev–Trinajstić information content (AvgIpc) is 2.71. The highest BCUT2D eigenvalue weighted by Crippen LogP contribution is 2.23. The molecule has 1 atom stereocenters. The van der Waals surface area contributed by atoms with Crippen LogP contribution < -0.4 is 0 Å². The Balaban J connectivity index is 2.02. The molecule has 2 heterocycles. The Bertz CT molecular complexity index is 297. The maximum absolute atomic E-state index is 5.52. The third kappa shape index (κ3) is 1.94. The molecular formula is C10H13N3O. The second-order valence-corrected chi connectivity index (χ2v) is 3.39. The van der Waals surface area contributed by atoms with Gasteiger partial charge in [0.2, 0.25) is 0 Å². The van der Waals surface area contributed by atoms with Crippen LogP contribution in [-0.2, 0) is 4.74 Å². The summed E-state index contributed by atoms with van der Waals surface area (Å²) < 4.78 is 5.52. The summed E-state index contributed by atoms with van der Waals surface area (Å²) >= 11 is 0. The molecule has 0 spiro atoms. The van der Waals surface area contributed by atoms with Crippen LogP contribution in [0.25, 0.3) is 0 Å². The van der Waals surface area contributed by atoms with E-state index in [-0.39, 0.29) is 6.10 Å². The molecule has 4 heteroatoms. The minimum Gasteiger partial charge on any atom is -0.372 e. The summed E-state index contributed by atoms with van der Waals surface area (Å²) in [6, 6.07) is 0. The predicted octanol–water partition coefficient (Wildman–Crippen LogP) is 1.37. The molecule has 0 aliphatic carbocycles. The highest BCUT2D eigenvalue weighted by Gasteiger charge is 2.22. The zero-order valence-corrected chi connectivity index (χ0v) is 8.02. The summed E-state index contributed by atoms with van der Waals surface area (Å²) in [5, 5.41) is 8.11. The number of rotatable bonds is 2. The van der Waals surface area contributed by atoms with E-state index in [1.165, 1.54) is 0 Å². The highest BCUT2D eigenvalue weighted by atomic mass is 16.5. The van der Waals surface area contributed by atoms with Crippen LogP contribution in [-0.4, -0.2) is 30.8 Å². The largest absolute Gasteiger partial charge is 0.372 e. The lowest BCUT2D eigenvalue weighted by Crippen LogP contribution is -2.23. The van der Waals surface area contributed by atoms with Crippen molar-refractivity contribution in [1.29, 1.82) is 0 Å². The zero-order valence-electron chi connectivity index (χ0n) is 8.02. The molecule has 14 heavy (non-hydrogen) atoms. The van der Waals surface area contributed by atoms with E-state index >= 15 is 0 Å². The van der Waals surface area contributed by atoms with Crippen LogP contribution >= 0.6 is 0 Å². The number of terminal acetylenes is 1. The summed E-state index contributed by atoms with van der Waals surface area (Å²) in [5.74, 6) is 2.59. The fourth-order valence-corrected chi connectivity index (χ4v) is 1.62. The fourth-order valence-electron chi connectivity index (χ4n) is 1.62. The first-order valence-electron chi connectivity index (χ1n) is 4.78. The Labute approximate surface area is 83.6 Å². The van der Waals surface area contributed by atoms with Gasteiger partial charge in [-0.15, -0.1) is 6.42 Å². The smallest absolute Gasteiger partial charge is 0.132 e. The lowest BCUT2D eigenvalue weighted by Gasteiger charge is -2.20. The van der Waals surface area contributed by atoms with Crippen molar-refractivity contribution in [3.05, 3.63) is 11.9 Å². The Morgan fingerprint density at radius 1 is 1.71 bits per heavy atom. The molecule has 2 aliphatic rings. The molecule has 0 amide bonds. The number of hydrogen-bond acceptors (Lipinski definition) is 4. The van der Waals surface area contributed by atoms with Crippen LogP contribution in [0.3, 0.4) is 0 Å². The van der Waals surface area contributed by atoms with Gasteiger partial charge in [0.15, 0.2) is 0 Å². The number of azo groups is 1. The second-order valence-electron chi connectivity index (χ2n) is 3.39. The van der Waals surface area contributed by atoms with E-state index in [1.807, 2.05) is 11.1 Å². The Hall–Kier alpha value is -1.34. The van der Waals surface area contributed by atoms with Crippen molar-refractivity contribution in [2.75, 3.05) is 19.8 Å². The van der Waals surface area contributed by atoms with E-state index in [1.54, 1.807) is 0 Å². The SMILES string of the molecule is C#CCN1C=C(C2CCCO2)N=NC1. The standard InChI is InChI=1S/C10H13N3O/c1-2-5-13-7-9(12-11-8-13)10-4-3-6-14-10/h1,7,10H,3-6,8H2. The predicted molar refractivity (Wildman–Crippen MR) is 52.3 cm³/mol. The quantitative estimate of drug-likeness (QED) is 0.618. The van der Waals surface area contributed by atoms with Crippen LogP contribution in [0.2, 0.25) is 0 Å². The second kappa shape index (κ2) is 4.25. The van der Waals surface area contributed by atoms with Crippen molar-refractivity contribution in [2.24, 2.45) is 10.2 Å². The maximum Gasteiger partial charge on any atom is 0.132 e. The molecule has 1 fully saturated rings. The molecular weight excluding hydrogens is 178 g/mol. The van der Waals surface area contributed by atoms with E-state index in [9.17, 15) is 0 Å². The molecule has 0 N–H and O–H groups in total. The molecule has 2 aliphatic heterocycles. The van der Waals surface area contributed by atoms with Crippen LogP contribution in [0.5, 0.6) is 0 Å².